The van der Waals surface area contributed by atoms with Gasteiger partial charge in [0.2, 0.25) is 0 Å². The molecule has 106 valence electrons. The van der Waals surface area contributed by atoms with E-state index in [9.17, 15) is 5.11 Å². The number of nitrogens with zero attached hydrogens (tertiary/aromatic N) is 1. The van der Waals surface area contributed by atoms with E-state index >= 15 is 0 Å². The molecule has 19 heavy (non-hydrogen) atoms. The van der Waals surface area contributed by atoms with Gasteiger partial charge in [0.25, 0.3) is 0 Å². The topological polar surface area (TPSA) is 23.5 Å². The molecule has 0 radical (unpaired) electrons. The van der Waals surface area contributed by atoms with Crippen molar-refractivity contribution in [3.63, 3.8) is 0 Å². The molecule has 3 atom stereocenters. The van der Waals surface area contributed by atoms with Crippen LogP contribution in [0, 0.1) is 17.3 Å². The number of benzene rings is 1. The van der Waals surface area contributed by atoms with Gasteiger partial charge in [0.15, 0.2) is 0 Å². The third kappa shape index (κ3) is 3.37. The van der Waals surface area contributed by atoms with E-state index in [-0.39, 0.29) is 5.41 Å². The minimum Gasteiger partial charge on any atom is -0.388 e. The van der Waals surface area contributed by atoms with Gasteiger partial charge in [-0.25, -0.2) is 0 Å². The Morgan fingerprint density at radius 3 is 2.21 bits per heavy atom. The molecule has 0 bridgehead atoms. The Labute approximate surface area is 117 Å². The maximum atomic E-state index is 10.6. The lowest BCUT2D eigenvalue weighted by Gasteiger charge is -2.35. The molecule has 1 aromatic rings. The first-order valence-corrected chi connectivity index (χ1v) is 7.35. The van der Waals surface area contributed by atoms with Crippen molar-refractivity contribution in [2.45, 2.75) is 33.8 Å². The minimum atomic E-state index is -0.403. The summed E-state index contributed by atoms with van der Waals surface area (Å²) in [7, 11) is 0. The Hall–Kier alpha value is -0.860. The first-order valence-electron chi connectivity index (χ1n) is 7.35. The lowest BCUT2D eigenvalue weighted by molar-refractivity contribution is 0.0243. The van der Waals surface area contributed by atoms with Crippen LogP contribution in [0.25, 0.3) is 0 Å². The number of hydrogen-bond acceptors (Lipinski definition) is 2. The molecule has 3 unspecified atom stereocenters. The van der Waals surface area contributed by atoms with Crippen molar-refractivity contribution in [1.82, 2.24) is 4.90 Å². The number of rotatable bonds is 4. The summed E-state index contributed by atoms with van der Waals surface area (Å²) in [5.74, 6) is 1.54. The van der Waals surface area contributed by atoms with Crippen molar-refractivity contribution in [1.29, 1.82) is 0 Å². The minimum absolute atomic E-state index is 0.120. The lowest BCUT2D eigenvalue weighted by Crippen LogP contribution is -2.37. The van der Waals surface area contributed by atoms with Gasteiger partial charge in [-0.1, -0.05) is 58.0 Å². The zero-order valence-corrected chi connectivity index (χ0v) is 12.6. The fourth-order valence-corrected chi connectivity index (χ4v) is 3.13. The SMILES string of the molecule is CC1CN(CC(C)(C)C(O)c2ccccc2)CC1C. The van der Waals surface area contributed by atoms with Crippen molar-refractivity contribution >= 4 is 0 Å². The second kappa shape index (κ2) is 5.64. The summed E-state index contributed by atoms with van der Waals surface area (Å²) in [5, 5.41) is 10.6. The van der Waals surface area contributed by atoms with E-state index in [1.54, 1.807) is 0 Å². The summed E-state index contributed by atoms with van der Waals surface area (Å²) < 4.78 is 0. The van der Waals surface area contributed by atoms with Crippen LogP contribution in [0.4, 0.5) is 0 Å². The van der Waals surface area contributed by atoms with E-state index in [1.165, 1.54) is 0 Å². The average molecular weight is 261 g/mol. The highest BCUT2D eigenvalue weighted by Gasteiger charge is 2.35. The molecule has 0 aliphatic carbocycles. The lowest BCUT2D eigenvalue weighted by atomic mass is 9.82. The van der Waals surface area contributed by atoms with Crippen molar-refractivity contribution in [2.24, 2.45) is 17.3 Å². The predicted molar refractivity (Wildman–Crippen MR) is 80.0 cm³/mol. The van der Waals surface area contributed by atoms with Gasteiger partial charge in [-0.2, -0.15) is 0 Å². The van der Waals surface area contributed by atoms with Crippen LogP contribution in [0.15, 0.2) is 30.3 Å². The van der Waals surface area contributed by atoms with Gasteiger partial charge >= 0.3 is 0 Å². The van der Waals surface area contributed by atoms with Crippen LogP contribution in [0.5, 0.6) is 0 Å². The molecule has 1 heterocycles. The van der Waals surface area contributed by atoms with Gasteiger partial charge < -0.3 is 10.0 Å². The van der Waals surface area contributed by atoms with Gasteiger partial charge in [0, 0.05) is 25.0 Å². The highest BCUT2D eigenvalue weighted by molar-refractivity contribution is 5.19. The van der Waals surface area contributed by atoms with E-state index < -0.39 is 6.10 Å². The van der Waals surface area contributed by atoms with E-state index in [0.29, 0.717) is 0 Å². The van der Waals surface area contributed by atoms with Gasteiger partial charge in [-0.05, 0) is 17.4 Å². The molecular weight excluding hydrogens is 234 g/mol. The molecule has 1 saturated heterocycles. The van der Waals surface area contributed by atoms with Gasteiger partial charge in [0.1, 0.15) is 0 Å². The first-order chi connectivity index (χ1) is 8.90. The summed E-state index contributed by atoms with van der Waals surface area (Å²) in [4.78, 5) is 2.50. The summed E-state index contributed by atoms with van der Waals surface area (Å²) in [6, 6.07) is 10.0. The standard InChI is InChI=1S/C17H27NO/c1-13-10-18(11-14(13)2)12-17(3,4)16(19)15-8-6-5-7-9-15/h5-9,13-14,16,19H,10-12H2,1-4H3. The zero-order chi connectivity index (χ0) is 14.0. The first kappa shape index (κ1) is 14.5. The highest BCUT2D eigenvalue weighted by atomic mass is 16.3. The van der Waals surface area contributed by atoms with E-state index in [2.05, 4.69) is 32.6 Å². The van der Waals surface area contributed by atoms with Crippen LogP contribution in [0.3, 0.4) is 0 Å². The fourth-order valence-electron chi connectivity index (χ4n) is 3.13. The van der Waals surface area contributed by atoms with E-state index in [0.717, 1.165) is 37.0 Å². The molecule has 1 N–H and O–H groups in total. The third-order valence-electron chi connectivity index (χ3n) is 4.55. The zero-order valence-electron chi connectivity index (χ0n) is 12.6. The van der Waals surface area contributed by atoms with Gasteiger partial charge in [-0.15, -0.1) is 0 Å². The van der Waals surface area contributed by atoms with Crippen LogP contribution in [0.2, 0.25) is 0 Å². The molecule has 2 nitrogen and oxygen atoms in total. The summed E-state index contributed by atoms with van der Waals surface area (Å²) in [6.07, 6.45) is -0.403. The monoisotopic (exact) mass is 261 g/mol. The second-order valence-corrected chi connectivity index (χ2v) is 6.95. The van der Waals surface area contributed by atoms with Gasteiger partial charge in [0.05, 0.1) is 6.10 Å². The van der Waals surface area contributed by atoms with Crippen LogP contribution >= 0.6 is 0 Å². The van der Waals surface area contributed by atoms with Crippen LogP contribution in [-0.2, 0) is 0 Å². The summed E-state index contributed by atoms with van der Waals surface area (Å²) >= 11 is 0. The number of aliphatic hydroxyl groups excluding tert-OH is 1. The highest BCUT2D eigenvalue weighted by Crippen LogP contribution is 2.35. The molecular formula is C17H27NO. The molecule has 1 aromatic carbocycles. The number of hydrogen-bond donors (Lipinski definition) is 1. The molecule has 0 saturated carbocycles. The van der Waals surface area contributed by atoms with Crippen molar-refractivity contribution in [3.05, 3.63) is 35.9 Å². The molecule has 0 amide bonds. The van der Waals surface area contributed by atoms with Crippen molar-refractivity contribution in [2.75, 3.05) is 19.6 Å². The molecule has 1 aliphatic heterocycles. The molecule has 0 spiro atoms. The van der Waals surface area contributed by atoms with Crippen LogP contribution < -0.4 is 0 Å². The predicted octanol–water partition coefficient (Wildman–Crippen LogP) is 3.33. The molecule has 1 aliphatic rings. The van der Waals surface area contributed by atoms with Crippen molar-refractivity contribution < 1.29 is 5.11 Å². The molecule has 1 fully saturated rings. The molecule has 0 aromatic heterocycles. The third-order valence-corrected chi connectivity index (χ3v) is 4.55. The van der Waals surface area contributed by atoms with Crippen LogP contribution in [-0.4, -0.2) is 29.6 Å². The molecule has 2 heteroatoms. The smallest absolute Gasteiger partial charge is 0.0853 e. The average Bonchev–Trinajstić information content (AvgIpc) is 2.67. The Morgan fingerprint density at radius 2 is 1.68 bits per heavy atom. The maximum absolute atomic E-state index is 10.6. The van der Waals surface area contributed by atoms with Gasteiger partial charge in [-0.3, -0.25) is 0 Å². The summed E-state index contributed by atoms with van der Waals surface area (Å²) in [5.41, 5.74) is 0.901. The quantitative estimate of drug-likeness (QED) is 0.898. The normalized spacial score (nSPS) is 26.6. The Bertz CT molecular complexity index is 391. The second-order valence-electron chi connectivity index (χ2n) is 6.95. The Morgan fingerprint density at radius 1 is 1.16 bits per heavy atom. The maximum Gasteiger partial charge on any atom is 0.0853 e. The van der Waals surface area contributed by atoms with E-state index in [1.807, 2.05) is 30.3 Å². The van der Waals surface area contributed by atoms with E-state index in [4.69, 9.17) is 0 Å². The fraction of sp³-hybridized carbons (Fsp3) is 0.647. The largest absolute Gasteiger partial charge is 0.388 e. The van der Waals surface area contributed by atoms with Crippen molar-refractivity contribution in [3.8, 4) is 0 Å². The van der Waals surface area contributed by atoms with Crippen LogP contribution in [0.1, 0.15) is 39.4 Å². The number of likely N-dealkylation sites (tertiary alicyclic amines) is 1. The number of aliphatic hydroxyl groups is 1. The Balaban J connectivity index is 2.02. The summed E-state index contributed by atoms with van der Waals surface area (Å²) in [6.45, 7) is 12.3. The molecule has 2 rings (SSSR count). The Kier molecular flexibility index (Phi) is 4.32.